The largest absolute Gasteiger partial charge is 0.391 e. The number of nitrogens with zero attached hydrogens (tertiary/aromatic N) is 1. The van der Waals surface area contributed by atoms with Crippen molar-refractivity contribution in [1.29, 1.82) is 0 Å². The highest BCUT2D eigenvalue weighted by molar-refractivity contribution is 7.80. The van der Waals surface area contributed by atoms with Crippen LogP contribution in [-0.2, 0) is 4.74 Å². The lowest BCUT2D eigenvalue weighted by molar-refractivity contribution is 0.167. The second kappa shape index (κ2) is 12.1. The van der Waals surface area contributed by atoms with Gasteiger partial charge in [-0.2, -0.15) is 0 Å². The molecule has 0 amide bonds. The van der Waals surface area contributed by atoms with Crippen LogP contribution in [0.4, 0.5) is 0 Å². The summed E-state index contributed by atoms with van der Waals surface area (Å²) in [6, 6.07) is 5.72. The van der Waals surface area contributed by atoms with Gasteiger partial charge in [0.2, 0.25) is 0 Å². The number of hydrogen-bond acceptors (Lipinski definition) is 3. The molecule has 0 saturated heterocycles. The van der Waals surface area contributed by atoms with Crippen LogP contribution in [0.25, 0.3) is 0 Å². The van der Waals surface area contributed by atoms with Crippen LogP contribution in [0.5, 0.6) is 0 Å². The van der Waals surface area contributed by atoms with E-state index in [1.807, 2.05) is 18.2 Å². The van der Waals surface area contributed by atoms with Crippen molar-refractivity contribution >= 4 is 17.2 Å². The SMILES string of the molecule is CCCCCOCC(N)=S.c1ccncc1. The minimum absolute atomic E-state index is 0.430. The highest BCUT2D eigenvalue weighted by atomic mass is 32.1. The minimum atomic E-state index is 0.430. The Morgan fingerprint density at radius 3 is 2.31 bits per heavy atom. The Kier molecular flexibility index (Phi) is 11.3. The van der Waals surface area contributed by atoms with E-state index in [1.54, 1.807) is 12.4 Å². The molecule has 2 N–H and O–H groups in total. The third-order valence-electron chi connectivity index (χ3n) is 1.70. The second-order valence-corrected chi connectivity index (χ2v) is 3.77. The summed E-state index contributed by atoms with van der Waals surface area (Å²) in [6.45, 7) is 3.37. The molecule has 0 fully saturated rings. The Bertz CT molecular complexity index is 228. The van der Waals surface area contributed by atoms with E-state index < -0.39 is 0 Å². The van der Waals surface area contributed by atoms with Crippen molar-refractivity contribution in [3.63, 3.8) is 0 Å². The standard InChI is InChI=1S/C7H15NOS.C5H5N/c1-2-3-4-5-9-6-7(8)10;1-2-4-6-5-3-1/h2-6H2,1H3,(H2,8,10);1-5H. The molecule has 0 radical (unpaired) electrons. The molecule has 16 heavy (non-hydrogen) atoms. The zero-order valence-corrected chi connectivity index (χ0v) is 10.6. The topological polar surface area (TPSA) is 48.1 Å². The smallest absolute Gasteiger partial charge is 0.0989 e. The minimum Gasteiger partial charge on any atom is -0.391 e. The summed E-state index contributed by atoms with van der Waals surface area (Å²) in [7, 11) is 0. The van der Waals surface area contributed by atoms with Crippen molar-refractivity contribution in [2.45, 2.75) is 26.2 Å². The molecule has 1 heterocycles. The maximum atomic E-state index is 5.21. The quantitative estimate of drug-likeness (QED) is 0.613. The zero-order chi connectivity index (χ0) is 12.1. The molecule has 0 spiro atoms. The first-order valence-corrected chi connectivity index (χ1v) is 5.89. The fourth-order valence-corrected chi connectivity index (χ4v) is 1.02. The van der Waals surface area contributed by atoms with Crippen molar-refractivity contribution in [1.82, 2.24) is 4.98 Å². The van der Waals surface area contributed by atoms with E-state index in [2.05, 4.69) is 24.1 Å². The van der Waals surface area contributed by atoms with Gasteiger partial charge in [-0.05, 0) is 18.6 Å². The summed E-state index contributed by atoms with van der Waals surface area (Å²) in [6.07, 6.45) is 7.05. The average Bonchev–Trinajstić information content (AvgIpc) is 2.31. The first-order chi connectivity index (χ1) is 7.77. The van der Waals surface area contributed by atoms with Crippen LogP contribution in [0.2, 0.25) is 0 Å². The number of rotatable bonds is 6. The molecule has 3 nitrogen and oxygen atoms in total. The van der Waals surface area contributed by atoms with Gasteiger partial charge >= 0.3 is 0 Å². The van der Waals surface area contributed by atoms with Gasteiger partial charge in [0.15, 0.2) is 0 Å². The number of thiocarbonyl (C=S) groups is 1. The van der Waals surface area contributed by atoms with Crippen LogP contribution in [0.3, 0.4) is 0 Å². The zero-order valence-electron chi connectivity index (χ0n) is 9.76. The number of unbranched alkanes of at least 4 members (excludes halogenated alkanes) is 2. The van der Waals surface area contributed by atoms with E-state index in [0.717, 1.165) is 13.0 Å². The molecule has 4 heteroatoms. The molecule has 1 rings (SSSR count). The van der Waals surface area contributed by atoms with Crippen LogP contribution in [0, 0.1) is 0 Å². The van der Waals surface area contributed by atoms with E-state index in [1.165, 1.54) is 12.8 Å². The van der Waals surface area contributed by atoms with Crippen molar-refractivity contribution in [2.75, 3.05) is 13.2 Å². The number of nitrogens with two attached hydrogens (primary N) is 1. The molecule has 0 aliphatic heterocycles. The summed E-state index contributed by atoms with van der Waals surface area (Å²) in [4.78, 5) is 4.23. The van der Waals surface area contributed by atoms with Crippen molar-refractivity contribution in [3.05, 3.63) is 30.6 Å². The number of pyridine rings is 1. The summed E-state index contributed by atoms with van der Waals surface area (Å²) in [5, 5.41) is 0. The molecule has 0 aliphatic carbocycles. The molecule has 0 atom stereocenters. The number of ether oxygens (including phenoxy) is 1. The predicted octanol–water partition coefficient (Wildman–Crippen LogP) is 2.56. The fourth-order valence-electron chi connectivity index (χ4n) is 0.939. The third-order valence-corrected chi connectivity index (χ3v) is 1.82. The number of hydrogen-bond donors (Lipinski definition) is 1. The van der Waals surface area contributed by atoms with E-state index in [-0.39, 0.29) is 0 Å². The number of aromatic nitrogens is 1. The van der Waals surface area contributed by atoms with Gasteiger partial charge in [0.05, 0.1) is 11.6 Å². The molecule has 0 saturated carbocycles. The molecular formula is C12H20N2OS. The molecule has 90 valence electrons. The molecule has 0 aromatic carbocycles. The normalized spacial score (nSPS) is 9.06. The van der Waals surface area contributed by atoms with Gasteiger partial charge in [0.25, 0.3) is 0 Å². The molecular weight excluding hydrogens is 220 g/mol. The van der Waals surface area contributed by atoms with Crippen LogP contribution in [0.1, 0.15) is 26.2 Å². The molecule has 1 aromatic heterocycles. The van der Waals surface area contributed by atoms with Gasteiger partial charge in [0.1, 0.15) is 0 Å². The molecule has 1 aromatic rings. The van der Waals surface area contributed by atoms with E-state index in [9.17, 15) is 0 Å². The molecule has 0 aliphatic rings. The van der Waals surface area contributed by atoms with Crippen LogP contribution >= 0.6 is 12.2 Å². The van der Waals surface area contributed by atoms with Crippen molar-refractivity contribution in [2.24, 2.45) is 5.73 Å². The van der Waals surface area contributed by atoms with Gasteiger partial charge in [-0.1, -0.05) is 38.0 Å². The summed E-state index contributed by atoms with van der Waals surface area (Å²) in [5.41, 5.74) is 5.21. The van der Waals surface area contributed by atoms with Crippen molar-refractivity contribution < 1.29 is 4.74 Å². The first kappa shape index (κ1) is 15.0. The Labute approximate surface area is 103 Å². The Morgan fingerprint density at radius 1 is 1.25 bits per heavy atom. The maximum absolute atomic E-state index is 5.21. The van der Waals surface area contributed by atoms with Gasteiger partial charge in [-0.25, -0.2) is 0 Å². The average molecular weight is 240 g/mol. The third kappa shape index (κ3) is 13.0. The van der Waals surface area contributed by atoms with Crippen molar-refractivity contribution in [3.8, 4) is 0 Å². The van der Waals surface area contributed by atoms with Crippen LogP contribution < -0.4 is 5.73 Å². The van der Waals surface area contributed by atoms with Gasteiger partial charge < -0.3 is 10.5 Å². The van der Waals surface area contributed by atoms with Crippen LogP contribution in [0.15, 0.2) is 30.6 Å². The van der Waals surface area contributed by atoms with E-state index in [4.69, 9.17) is 10.5 Å². The Morgan fingerprint density at radius 2 is 1.94 bits per heavy atom. The lowest BCUT2D eigenvalue weighted by Gasteiger charge is -2.00. The highest BCUT2D eigenvalue weighted by Crippen LogP contribution is 1.93. The summed E-state index contributed by atoms with van der Waals surface area (Å²) >= 11 is 4.63. The van der Waals surface area contributed by atoms with Crippen LogP contribution in [-0.4, -0.2) is 23.2 Å². The molecule has 0 bridgehead atoms. The fraction of sp³-hybridized carbons (Fsp3) is 0.500. The predicted molar refractivity (Wildman–Crippen MR) is 71.4 cm³/mol. The monoisotopic (exact) mass is 240 g/mol. The first-order valence-electron chi connectivity index (χ1n) is 5.48. The Balaban J connectivity index is 0.000000315. The highest BCUT2D eigenvalue weighted by Gasteiger charge is 1.89. The lowest BCUT2D eigenvalue weighted by Crippen LogP contribution is -2.16. The van der Waals surface area contributed by atoms with E-state index >= 15 is 0 Å². The van der Waals surface area contributed by atoms with Gasteiger partial charge in [0, 0.05) is 19.0 Å². The van der Waals surface area contributed by atoms with E-state index in [0.29, 0.717) is 11.6 Å². The van der Waals surface area contributed by atoms with Gasteiger partial charge in [-0.3, -0.25) is 4.98 Å². The lowest BCUT2D eigenvalue weighted by atomic mass is 10.3. The second-order valence-electron chi connectivity index (χ2n) is 3.25. The summed E-state index contributed by atoms with van der Waals surface area (Å²) in [5.74, 6) is 0. The van der Waals surface area contributed by atoms with Gasteiger partial charge in [-0.15, -0.1) is 0 Å². The summed E-state index contributed by atoms with van der Waals surface area (Å²) < 4.78 is 5.13. The molecule has 0 unspecified atom stereocenters. The Hall–Kier alpha value is -1.00. The maximum Gasteiger partial charge on any atom is 0.0989 e.